The predicted molar refractivity (Wildman–Crippen MR) is 45.3 cm³/mol. The Hall–Kier alpha value is -1.38. The van der Waals surface area contributed by atoms with Crippen LogP contribution in [0.25, 0.3) is 0 Å². The summed E-state index contributed by atoms with van der Waals surface area (Å²) in [7, 11) is 0. The number of carbonyl (C=O) groups is 1. The van der Waals surface area contributed by atoms with Gasteiger partial charge in [0.15, 0.2) is 0 Å². The van der Waals surface area contributed by atoms with E-state index in [0.717, 1.165) is 5.69 Å². The summed E-state index contributed by atoms with van der Waals surface area (Å²) in [4.78, 5) is 14.8. The summed E-state index contributed by atoms with van der Waals surface area (Å²) in [6, 6.07) is 3.31. The topological polar surface area (TPSA) is 50.2 Å². The number of aromatic nitrogens is 1. The third-order valence-electron chi connectivity index (χ3n) is 1.68. The molecule has 0 amide bonds. The van der Waals surface area contributed by atoms with E-state index < -0.39 is 5.97 Å². The lowest BCUT2D eigenvalue weighted by molar-refractivity contribution is 0.0695. The third kappa shape index (κ3) is 1.61. The second-order valence-corrected chi connectivity index (χ2v) is 2.61. The van der Waals surface area contributed by atoms with Gasteiger partial charge in [-0.05, 0) is 25.5 Å². The lowest BCUT2D eigenvalue weighted by atomic mass is 10.1. The lowest BCUT2D eigenvalue weighted by Crippen LogP contribution is -2.04. The zero-order chi connectivity index (χ0) is 9.14. The first-order valence-corrected chi connectivity index (χ1v) is 3.85. The van der Waals surface area contributed by atoms with Crippen molar-refractivity contribution in [3.63, 3.8) is 0 Å². The Morgan fingerprint density at radius 3 is 2.75 bits per heavy atom. The number of carboxylic acid groups (broad SMARTS) is 1. The van der Waals surface area contributed by atoms with Crippen LogP contribution in [-0.2, 0) is 6.42 Å². The van der Waals surface area contributed by atoms with Gasteiger partial charge in [-0.25, -0.2) is 4.79 Å². The Morgan fingerprint density at radius 2 is 2.25 bits per heavy atom. The van der Waals surface area contributed by atoms with Gasteiger partial charge >= 0.3 is 5.97 Å². The molecular formula is C9H11NO2. The molecule has 0 aliphatic rings. The molecule has 0 atom stereocenters. The number of carboxylic acids is 1. The zero-order valence-corrected chi connectivity index (χ0v) is 7.16. The average molecular weight is 165 g/mol. The largest absolute Gasteiger partial charge is 0.478 e. The minimum Gasteiger partial charge on any atom is -0.478 e. The maximum Gasteiger partial charge on any atom is 0.337 e. The SMILES string of the molecule is CCc1nc(C)ccc1C(=O)O. The highest BCUT2D eigenvalue weighted by Crippen LogP contribution is 2.07. The molecule has 1 aromatic rings. The number of aromatic carboxylic acids is 1. The predicted octanol–water partition coefficient (Wildman–Crippen LogP) is 1.65. The Morgan fingerprint density at radius 1 is 1.58 bits per heavy atom. The minimum absolute atomic E-state index is 0.308. The smallest absolute Gasteiger partial charge is 0.337 e. The van der Waals surface area contributed by atoms with E-state index in [2.05, 4.69) is 4.98 Å². The highest BCUT2D eigenvalue weighted by atomic mass is 16.4. The number of nitrogens with zero attached hydrogens (tertiary/aromatic N) is 1. The molecule has 0 spiro atoms. The normalized spacial score (nSPS) is 9.83. The Bertz CT molecular complexity index is 307. The first-order valence-electron chi connectivity index (χ1n) is 3.85. The molecule has 1 heterocycles. The first-order chi connectivity index (χ1) is 5.65. The fourth-order valence-electron chi connectivity index (χ4n) is 1.07. The highest BCUT2D eigenvalue weighted by molar-refractivity contribution is 5.88. The molecule has 64 valence electrons. The van der Waals surface area contributed by atoms with Crippen molar-refractivity contribution >= 4 is 5.97 Å². The van der Waals surface area contributed by atoms with Crippen molar-refractivity contribution in [3.05, 3.63) is 29.1 Å². The van der Waals surface area contributed by atoms with E-state index in [9.17, 15) is 4.79 Å². The van der Waals surface area contributed by atoms with Crippen molar-refractivity contribution in [2.75, 3.05) is 0 Å². The molecule has 0 bridgehead atoms. The van der Waals surface area contributed by atoms with Crippen LogP contribution in [0.5, 0.6) is 0 Å². The van der Waals surface area contributed by atoms with Crippen molar-refractivity contribution in [1.29, 1.82) is 0 Å². The van der Waals surface area contributed by atoms with Crippen LogP contribution in [0.1, 0.15) is 28.7 Å². The molecule has 0 aliphatic carbocycles. The van der Waals surface area contributed by atoms with E-state index in [1.54, 1.807) is 12.1 Å². The number of aryl methyl sites for hydroxylation is 2. The summed E-state index contributed by atoms with van der Waals surface area (Å²) >= 11 is 0. The van der Waals surface area contributed by atoms with E-state index in [1.807, 2.05) is 13.8 Å². The second-order valence-electron chi connectivity index (χ2n) is 2.61. The average Bonchev–Trinajstić information content (AvgIpc) is 2.03. The van der Waals surface area contributed by atoms with Gasteiger partial charge in [0.05, 0.1) is 11.3 Å². The van der Waals surface area contributed by atoms with Crippen molar-refractivity contribution in [2.45, 2.75) is 20.3 Å². The quantitative estimate of drug-likeness (QED) is 0.724. The van der Waals surface area contributed by atoms with E-state index in [1.165, 1.54) is 0 Å². The fourth-order valence-corrected chi connectivity index (χ4v) is 1.07. The Balaban J connectivity index is 3.20. The molecule has 0 saturated heterocycles. The van der Waals surface area contributed by atoms with E-state index in [-0.39, 0.29) is 0 Å². The molecule has 0 fully saturated rings. The van der Waals surface area contributed by atoms with Crippen molar-refractivity contribution in [1.82, 2.24) is 4.98 Å². The Kier molecular flexibility index (Phi) is 2.43. The zero-order valence-electron chi connectivity index (χ0n) is 7.16. The van der Waals surface area contributed by atoms with E-state index in [4.69, 9.17) is 5.11 Å². The van der Waals surface area contributed by atoms with Gasteiger partial charge in [0, 0.05) is 5.69 Å². The van der Waals surface area contributed by atoms with Crippen LogP contribution < -0.4 is 0 Å². The number of hydrogen-bond acceptors (Lipinski definition) is 2. The Labute approximate surface area is 71.1 Å². The van der Waals surface area contributed by atoms with Crippen LogP contribution in [-0.4, -0.2) is 16.1 Å². The highest BCUT2D eigenvalue weighted by Gasteiger charge is 2.08. The van der Waals surface area contributed by atoms with Gasteiger partial charge in [0.25, 0.3) is 0 Å². The van der Waals surface area contributed by atoms with Gasteiger partial charge in [-0.1, -0.05) is 6.92 Å². The molecule has 3 nitrogen and oxygen atoms in total. The molecule has 1 N–H and O–H groups in total. The van der Waals surface area contributed by atoms with Crippen LogP contribution >= 0.6 is 0 Å². The van der Waals surface area contributed by atoms with Gasteiger partial charge in [0.1, 0.15) is 0 Å². The molecule has 0 unspecified atom stereocenters. The summed E-state index contributed by atoms with van der Waals surface area (Å²) in [5, 5.41) is 8.75. The summed E-state index contributed by atoms with van der Waals surface area (Å²) in [6.45, 7) is 3.75. The molecule has 0 radical (unpaired) electrons. The summed E-state index contributed by atoms with van der Waals surface area (Å²) < 4.78 is 0. The van der Waals surface area contributed by atoms with Gasteiger partial charge in [-0.3, -0.25) is 4.98 Å². The molecular weight excluding hydrogens is 154 g/mol. The van der Waals surface area contributed by atoms with Crippen LogP contribution in [0.4, 0.5) is 0 Å². The van der Waals surface area contributed by atoms with Crippen molar-refractivity contribution < 1.29 is 9.90 Å². The first kappa shape index (κ1) is 8.71. The maximum atomic E-state index is 10.7. The summed E-state index contributed by atoms with van der Waals surface area (Å²) in [6.07, 6.45) is 0.656. The number of rotatable bonds is 2. The monoisotopic (exact) mass is 165 g/mol. The van der Waals surface area contributed by atoms with Crippen LogP contribution in [0.15, 0.2) is 12.1 Å². The van der Waals surface area contributed by atoms with E-state index >= 15 is 0 Å². The number of hydrogen-bond donors (Lipinski definition) is 1. The molecule has 1 aromatic heterocycles. The van der Waals surface area contributed by atoms with E-state index in [0.29, 0.717) is 17.7 Å². The standard InChI is InChI=1S/C9H11NO2/c1-3-8-7(9(11)12)5-4-6(2)10-8/h4-5H,3H2,1-2H3,(H,11,12). The second kappa shape index (κ2) is 3.34. The fraction of sp³-hybridized carbons (Fsp3) is 0.333. The molecule has 3 heteroatoms. The van der Waals surface area contributed by atoms with Crippen LogP contribution in [0.3, 0.4) is 0 Å². The molecule has 0 aromatic carbocycles. The van der Waals surface area contributed by atoms with Gasteiger partial charge in [-0.15, -0.1) is 0 Å². The lowest BCUT2D eigenvalue weighted by Gasteiger charge is -2.02. The van der Waals surface area contributed by atoms with Gasteiger partial charge in [0.2, 0.25) is 0 Å². The van der Waals surface area contributed by atoms with Gasteiger partial charge < -0.3 is 5.11 Å². The molecule has 0 aliphatic heterocycles. The molecule has 1 rings (SSSR count). The van der Waals surface area contributed by atoms with Crippen molar-refractivity contribution in [2.24, 2.45) is 0 Å². The summed E-state index contributed by atoms with van der Waals surface area (Å²) in [5.74, 6) is -0.903. The molecule has 0 saturated carbocycles. The summed E-state index contributed by atoms with van der Waals surface area (Å²) in [5.41, 5.74) is 1.82. The van der Waals surface area contributed by atoms with Crippen LogP contribution in [0.2, 0.25) is 0 Å². The van der Waals surface area contributed by atoms with Gasteiger partial charge in [-0.2, -0.15) is 0 Å². The maximum absolute atomic E-state index is 10.7. The van der Waals surface area contributed by atoms with Crippen LogP contribution in [0, 0.1) is 6.92 Å². The van der Waals surface area contributed by atoms with Crippen molar-refractivity contribution in [3.8, 4) is 0 Å². The number of pyridine rings is 1. The minimum atomic E-state index is -0.903. The third-order valence-corrected chi connectivity index (χ3v) is 1.68. The molecule has 12 heavy (non-hydrogen) atoms.